The summed E-state index contributed by atoms with van der Waals surface area (Å²) in [6.45, 7) is 5.44. The standard InChI is InChI=1S/C13H17F2NO3.ClH/c1-12(2,3)11(17)9(16)7-5-4-6-8-10(7)19-13(14,15)18-8;/h4-6,9,11,17H,16H2,1-3H3;1H/t9-,11-;/m1./s1. The summed E-state index contributed by atoms with van der Waals surface area (Å²) in [4.78, 5) is 0. The van der Waals surface area contributed by atoms with Gasteiger partial charge in [-0.2, -0.15) is 0 Å². The molecule has 1 aliphatic heterocycles. The van der Waals surface area contributed by atoms with Gasteiger partial charge in [0, 0.05) is 5.56 Å². The summed E-state index contributed by atoms with van der Waals surface area (Å²) < 4.78 is 35.0. The molecular formula is C13H18ClF2NO3. The van der Waals surface area contributed by atoms with Crippen LogP contribution in [0.3, 0.4) is 0 Å². The molecule has 0 fully saturated rings. The number of aliphatic hydroxyl groups is 1. The highest BCUT2D eigenvalue weighted by molar-refractivity contribution is 5.85. The van der Waals surface area contributed by atoms with Gasteiger partial charge in [0.15, 0.2) is 11.5 Å². The lowest BCUT2D eigenvalue weighted by molar-refractivity contribution is -0.287. The Morgan fingerprint density at radius 1 is 1.25 bits per heavy atom. The number of alkyl halides is 2. The van der Waals surface area contributed by atoms with Gasteiger partial charge in [-0.25, -0.2) is 0 Å². The Balaban J connectivity index is 0.00000200. The molecule has 2 rings (SSSR count). The fourth-order valence-electron chi connectivity index (χ4n) is 1.96. The van der Waals surface area contributed by atoms with E-state index in [1.54, 1.807) is 6.07 Å². The maximum Gasteiger partial charge on any atom is 0.586 e. The topological polar surface area (TPSA) is 64.7 Å². The zero-order valence-corrected chi connectivity index (χ0v) is 12.2. The second kappa shape index (κ2) is 5.35. The minimum Gasteiger partial charge on any atom is -0.395 e. The Kier molecular flexibility index (Phi) is 4.53. The lowest BCUT2D eigenvalue weighted by Crippen LogP contribution is -2.37. The zero-order valence-electron chi connectivity index (χ0n) is 11.4. The summed E-state index contributed by atoms with van der Waals surface area (Å²) in [5, 5.41) is 10.2. The van der Waals surface area contributed by atoms with Crippen LogP contribution in [-0.4, -0.2) is 17.5 Å². The fraction of sp³-hybridized carbons (Fsp3) is 0.538. The molecule has 0 bridgehead atoms. The Morgan fingerprint density at radius 3 is 2.40 bits per heavy atom. The molecule has 0 saturated carbocycles. The van der Waals surface area contributed by atoms with E-state index >= 15 is 0 Å². The first-order valence-electron chi connectivity index (χ1n) is 5.94. The zero-order chi connectivity index (χ0) is 14.4. The van der Waals surface area contributed by atoms with Crippen molar-refractivity contribution in [3.8, 4) is 11.5 Å². The number of aliphatic hydroxyl groups excluding tert-OH is 1. The van der Waals surface area contributed by atoms with Crippen LogP contribution in [0.1, 0.15) is 32.4 Å². The van der Waals surface area contributed by atoms with Crippen molar-refractivity contribution in [2.75, 3.05) is 0 Å². The predicted octanol–water partition coefficient (Wildman–Crippen LogP) is 2.84. The van der Waals surface area contributed by atoms with Gasteiger partial charge in [0.2, 0.25) is 0 Å². The molecular weight excluding hydrogens is 292 g/mol. The van der Waals surface area contributed by atoms with Gasteiger partial charge in [0.1, 0.15) is 0 Å². The van der Waals surface area contributed by atoms with Crippen LogP contribution >= 0.6 is 12.4 Å². The molecule has 0 radical (unpaired) electrons. The third-order valence-electron chi connectivity index (χ3n) is 3.05. The number of rotatable bonds is 2. The summed E-state index contributed by atoms with van der Waals surface area (Å²) in [6.07, 6.45) is -4.60. The molecule has 1 heterocycles. The molecule has 4 nitrogen and oxygen atoms in total. The lowest BCUT2D eigenvalue weighted by Gasteiger charge is -2.31. The number of benzene rings is 1. The molecule has 2 atom stereocenters. The minimum atomic E-state index is -3.69. The van der Waals surface area contributed by atoms with Gasteiger partial charge in [-0.05, 0) is 11.5 Å². The monoisotopic (exact) mass is 309 g/mol. The first-order chi connectivity index (χ1) is 8.62. The average Bonchev–Trinajstić information content (AvgIpc) is 2.59. The van der Waals surface area contributed by atoms with E-state index < -0.39 is 23.9 Å². The highest BCUT2D eigenvalue weighted by Crippen LogP contribution is 2.46. The molecule has 20 heavy (non-hydrogen) atoms. The fourth-order valence-corrected chi connectivity index (χ4v) is 1.96. The smallest absolute Gasteiger partial charge is 0.395 e. The normalized spacial score (nSPS) is 19.1. The van der Waals surface area contributed by atoms with Crippen molar-refractivity contribution in [2.45, 2.75) is 39.2 Å². The molecule has 0 aliphatic carbocycles. The average molecular weight is 310 g/mol. The van der Waals surface area contributed by atoms with Crippen LogP contribution in [0.4, 0.5) is 8.78 Å². The Labute approximate surface area is 122 Å². The molecule has 0 spiro atoms. The van der Waals surface area contributed by atoms with E-state index in [9.17, 15) is 13.9 Å². The Morgan fingerprint density at radius 2 is 1.85 bits per heavy atom. The van der Waals surface area contributed by atoms with Crippen LogP contribution in [0.2, 0.25) is 0 Å². The Bertz CT molecular complexity index is 491. The van der Waals surface area contributed by atoms with E-state index in [0.29, 0.717) is 5.56 Å². The van der Waals surface area contributed by atoms with Crippen molar-refractivity contribution in [2.24, 2.45) is 11.1 Å². The van der Waals surface area contributed by atoms with Gasteiger partial charge in [-0.3, -0.25) is 0 Å². The molecule has 0 aromatic heterocycles. The highest BCUT2D eigenvalue weighted by Gasteiger charge is 2.45. The van der Waals surface area contributed by atoms with Crippen LogP contribution in [0, 0.1) is 5.41 Å². The SMILES string of the molecule is CC(C)(C)[C@H](O)[C@H](N)c1cccc2c1OC(F)(F)O2.Cl. The van der Waals surface area contributed by atoms with Crippen molar-refractivity contribution < 1.29 is 23.4 Å². The number of hydrogen-bond donors (Lipinski definition) is 2. The maximum absolute atomic E-state index is 13.1. The highest BCUT2D eigenvalue weighted by atomic mass is 35.5. The van der Waals surface area contributed by atoms with Gasteiger partial charge in [0.05, 0.1) is 12.1 Å². The van der Waals surface area contributed by atoms with E-state index in [2.05, 4.69) is 9.47 Å². The van der Waals surface area contributed by atoms with Crippen molar-refractivity contribution in [1.82, 2.24) is 0 Å². The van der Waals surface area contributed by atoms with E-state index in [-0.39, 0.29) is 23.9 Å². The molecule has 1 aromatic rings. The molecule has 3 N–H and O–H groups in total. The van der Waals surface area contributed by atoms with Gasteiger partial charge in [-0.15, -0.1) is 21.2 Å². The first-order valence-corrected chi connectivity index (χ1v) is 5.94. The van der Waals surface area contributed by atoms with Crippen molar-refractivity contribution in [3.63, 3.8) is 0 Å². The molecule has 114 valence electrons. The third-order valence-corrected chi connectivity index (χ3v) is 3.05. The van der Waals surface area contributed by atoms with Crippen LogP contribution < -0.4 is 15.2 Å². The first kappa shape index (κ1) is 16.9. The van der Waals surface area contributed by atoms with Crippen LogP contribution in [0.15, 0.2) is 18.2 Å². The molecule has 1 aliphatic rings. The molecule has 0 saturated heterocycles. The molecule has 0 amide bonds. The van der Waals surface area contributed by atoms with Crippen molar-refractivity contribution in [1.29, 1.82) is 0 Å². The third kappa shape index (κ3) is 3.13. The van der Waals surface area contributed by atoms with E-state index in [0.717, 1.165) is 0 Å². The van der Waals surface area contributed by atoms with E-state index in [1.807, 2.05) is 20.8 Å². The summed E-state index contributed by atoms with van der Waals surface area (Å²) in [5.74, 6) is -0.178. The number of halogens is 3. The maximum atomic E-state index is 13.1. The molecule has 1 aromatic carbocycles. The molecule has 7 heteroatoms. The summed E-state index contributed by atoms with van der Waals surface area (Å²) >= 11 is 0. The van der Waals surface area contributed by atoms with Gasteiger partial charge >= 0.3 is 6.29 Å². The summed E-state index contributed by atoms with van der Waals surface area (Å²) in [7, 11) is 0. The van der Waals surface area contributed by atoms with Crippen LogP contribution in [-0.2, 0) is 0 Å². The lowest BCUT2D eigenvalue weighted by atomic mass is 9.82. The number of para-hydroxylation sites is 1. The van der Waals surface area contributed by atoms with Crippen LogP contribution in [0.5, 0.6) is 11.5 Å². The van der Waals surface area contributed by atoms with Crippen LogP contribution in [0.25, 0.3) is 0 Å². The van der Waals surface area contributed by atoms with Crippen molar-refractivity contribution in [3.05, 3.63) is 23.8 Å². The number of fused-ring (bicyclic) bond motifs is 1. The van der Waals surface area contributed by atoms with Gasteiger partial charge in [0.25, 0.3) is 0 Å². The van der Waals surface area contributed by atoms with Crippen molar-refractivity contribution >= 4 is 12.4 Å². The minimum absolute atomic E-state index is 0. The quantitative estimate of drug-likeness (QED) is 0.881. The van der Waals surface area contributed by atoms with E-state index in [4.69, 9.17) is 5.73 Å². The second-order valence-corrected chi connectivity index (χ2v) is 5.68. The number of ether oxygens (including phenoxy) is 2. The second-order valence-electron chi connectivity index (χ2n) is 5.68. The van der Waals surface area contributed by atoms with Gasteiger partial charge in [-0.1, -0.05) is 32.9 Å². The molecule has 0 unspecified atom stereocenters. The summed E-state index contributed by atoms with van der Waals surface area (Å²) in [5.41, 5.74) is 5.78. The number of hydrogen-bond acceptors (Lipinski definition) is 4. The predicted molar refractivity (Wildman–Crippen MR) is 72.3 cm³/mol. The Hall–Kier alpha value is -1.11. The van der Waals surface area contributed by atoms with Gasteiger partial charge < -0.3 is 20.3 Å². The number of nitrogens with two attached hydrogens (primary N) is 1. The summed E-state index contributed by atoms with van der Waals surface area (Å²) in [6, 6.07) is 3.61. The largest absolute Gasteiger partial charge is 0.586 e. The van der Waals surface area contributed by atoms with E-state index in [1.165, 1.54) is 12.1 Å².